The van der Waals surface area contributed by atoms with E-state index in [2.05, 4.69) is 9.88 Å². The van der Waals surface area contributed by atoms with Gasteiger partial charge in [-0.1, -0.05) is 23.2 Å². The first-order chi connectivity index (χ1) is 12.7. The van der Waals surface area contributed by atoms with E-state index in [1.54, 1.807) is 0 Å². The summed E-state index contributed by atoms with van der Waals surface area (Å²) in [4.78, 5) is 11.6. The zero-order valence-electron chi connectivity index (χ0n) is 13.2. The summed E-state index contributed by atoms with van der Waals surface area (Å²) in [7, 11) is -4.39. The topological polar surface area (TPSA) is 108 Å². The van der Waals surface area contributed by atoms with Crippen LogP contribution in [0.5, 0.6) is 17.2 Å². The predicted octanol–water partition coefficient (Wildman–Crippen LogP) is 3.76. The third-order valence-corrected chi connectivity index (χ3v) is 3.88. The van der Waals surface area contributed by atoms with E-state index in [9.17, 15) is 30.8 Å². The number of carbonyl (C=O) groups is 1. The van der Waals surface area contributed by atoms with Crippen molar-refractivity contribution in [3.05, 3.63) is 51.8 Å². The fourth-order valence-electron chi connectivity index (χ4n) is 1.87. The molecule has 3 N–H and O–H groups in total. The predicted molar refractivity (Wildman–Crippen MR) is 90.2 cm³/mol. The van der Waals surface area contributed by atoms with Gasteiger partial charge in [-0.05, 0) is 12.1 Å². The van der Waals surface area contributed by atoms with Crippen molar-refractivity contribution in [3.63, 3.8) is 0 Å². The molecule has 2 rings (SSSR count). The summed E-state index contributed by atoms with van der Waals surface area (Å²) in [5, 5.41) is 3.57. The molecule has 0 radical (unpaired) electrons. The summed E-state index contributed by atoms with van der Waals surface area (Å²) in [6.07, 6.45) is -5.02. The van der Waals surface area contributed by atoms with Crippen LogP contribution in [-0.2, 0) is 10.2 Å². The number of hydrogen-bond donors (Lipinski definition) is 2. The maximum atomic E-state index is 14.0. The lowest BCUT2D eigenvalue weighted by Crippen LogP contribution is -2.36. The Morgan fingerprint density at radius 2 is 1.64 bits per heavy atom. The summed E-state index contributed by atoms with van der Waals surface area (Å²) in [5.41, 5.74) is -0.647. The van der Waals surface area contributed by atoms with Gasteiger partial charge < -0.3 is 9.47 Å². The normalized spacial score (nSPS) is 11.8. The van der Waals surface area contributed by atoms with Crippen molar-refractivity contribution >= 4 is 39.3 Å². The maximum Gasteiger partial charge on any atom is 0.573 e. The summed E-state index contributed by atoms with van der Waals surface area (Å²) < 4.78 is 82.8. The van der Waals surface area contributed by atoms with Gasteiger partial charge in [-0.15, -0.1) is 13.2 Å². The van der Waals surface area contributed by atoms with Gasteiger partial charge >= 0.3 is 6.36 Å². The van der Waals surface area contributed by atoms with Crippen LogP contribution in [0, 0.1) is 5.82 Å². The molecule has 0 aliphatic rings. The van der Waals surface area contributed by atoms with Crippen LogP contribution in [0.3, 0.4) is 0 Å². The number of benzene rings is 2. The summed E-state index contributed by atoms with van der Waals surface area (Å²) in [6, 6.07) is 4.58. The number of halogens is 6. The molecule has 1 amide bonds. The highest BCUT2D eigenvalue weighted by atomic mass is 35.5. The molecule has 0 fully saturated rings. The fourth-order valence-corrected chi connectivity index (χ4v) is 2.79. The van der Waals surface area contributed by atoms with Gasteiger partial charge in [0.15, 0.2) is 5.75 Å². The molecular formula is C14H8Cl2F4N2O5S. The van der Waals surface area contributed by atoms with Gasteiger partial charge in [0, 0.05) is 18.2 Å². The Kier molecular flexibility index (Phi) is 6.28. The van der Waals surface area contributed by atoms with Crippen molar-refractivity contribution in [2.24, 2.45) is 5.14 Å². The third-order valence-electron chi connectivity index (χ3n) is 2.85. The molecule has 28 heavy (non-hydrogen) atoms. The first-order valence-electron chi connectivity index (χ1n) is 6.82. The molecule has 0 atom stereocenters. The highest BCUT2D eigenvalue weighted by molar-refractivity contribution is 7.87. The zero-order chi connectivity index (χ0) is 21.3. The van der Waals surface area contributed by atoms with Crippen LogP contribution in [0.25, 0.3) is 0 Å². The van der Waals surface area contributed by atoms with Crippen molar-refractivity contribution in [1.82, 2.24) is 4.72 Å². The van der Waals surface area contributed by atoms with Crippen molar-refractivity contribution in [3.8, 4) is 17.2 Å². The van der Waals surface area contributed by atoms with Gasteiger partial charge in [0.05, 0.1) is 15.6 Å². The fraction of sp³-hybridized carbons (Fsp3) is 0.0714. The van der Waals surface area contributed by atoms with Crippen LogP contribution in [0.4, 0.5) is 17.6 Å². The SMILES string of the molecule is NS(=O)(=O)NC(=O)c1ccc(Oc2cc(Cl)c(OC(F)(F)F)c(Cl)c2)cc1F. The molecule has 2 aromatic carbocycles. The number of nitrogens with two attached hydrogens (primary N) is 1. The highest BCUT2D eigenvalue weighted by Gasteiger charge is 2.33. The lowest BCUT2D eigenvalue weighted by Gasteiger charge is -2.14. The van der Waals surface area contributed by atoms with Crippen LogP contribution in [0.15, 0.2) is 30.3 Å². The Labute approximate surface area is 165 Å². The first kappa shape index (κ1) is 22.0. The van der Waals surface area contributed by atoms with Crippen LogP contribution < -0.4 is 19.3 Å². The van der Waals surface area contributed by atoms with Gasteiger partial charge in [0.25, 0.3) is 16.1 Å². The summed E-state index contributed by atoms with van der Waals surface area (Å²) in [6.45, 7) is 0. The van der Waals surface area contributed by atoms with Crippen LogP contribution in [0.2, 0.25) is 10.0 Å². The third kappa shape index (κ3) is 6.12. The van der Waals surface area contributed by atoms with Gasteiger partial charge in [0.2, 0.25) is 0 Å². The molecule has 2 aromatic rings. The number of ether oxygens (including phenoxy) is 2. The van der Waals surface area contributed by atoms with Crippen LogP contribution >= 0.6 is 23.2 Å². The Hall–Kier alpha value is -2.28. The monoisotopic (exact) mass is 462 g/mol. The highest BCUT2D eigenvalue weighted by Crippen LogP contribution is 2.40. The smallest absolute Gasteiger partial charge is 0.457 e. The van der Waals surface area contributed by atoms with E-state index in [0.29, 0.717) is 0 Å². The molecule has 7 nitrogen and oxygen atoms in total. The second kappa shape index (κ2) is 7.99. The van der Waals surface area contributed by atoms with Gasteiger partial charge in [-0.3, -0.25) is 4.79 Å². The van der Waals surface area contributed by atoms with Gasteiger partial charge in [-0.25, -0.2) is 14.3 Å². The molecule has 0 aromatic heterocycles. The van der Waals surface area contributed by atoms with Crippen LogP contribution in [0.1, 0.15) is 10.4 Å². The van der Waals surface area contributed by atoms with Crippen molar-refractivity contribution in [2.45, 2.75) is 6.36 Å². The molecule has 0 bridgehead atoms. The molecule has 0 aliphatic carbocycles. The molecule has 0 heterocycles. The number of nitrogens with one attached hydrogen (secondary N) is 1. The Bertz CT molecular complexity index is 1010. The number of alkyl halides is 3. The second-order valence-corrected chi connectivity index (χ2v) is 7.09. The molecule has 0 spiro atoms. The molecule has 0 saturated heterocycles. The van der Waals surface area contributed by atoms with Crippen molar-refractivity contribution < 1.29 is 40.2 Å². The van der Waals surface area contributed by atoms with Crippen molar-refractivity contribution in [2.75, 3.05) is 0 Å². The average Bonchev–Trinajstić information content (AvgIpc) is 2.48. The van der Waals surface area contributed by atoms with E-state index in [4.69, 9.17) is 27.9 Å². The number of amides is 1. The summed E-state index contributed by atoms with van der Waals surface area (Å²) in [5.74, 6) is -3.67. The largest absolute Gasteiger partial charge is 0.573 e. The molecule has 14 heteroatoms. The van der Waals surface area contributed by atoms with Crippen LogP contribution in [-0.4, -0.2) is 20.7 Å². The van der Waals surface area contributed by atoms with E-state index in [-0.39, 0.29) is 11.5 Å². The Morgan fingerprint density at radius 1 is 1.07 bits per heavy atom. The molecule has 0 saturated carbocycles. The van der Waals surface area contributed by atoms with Crippen molar-refractivity contribution in [1.29, 1.82) is 0 Å². The Morgan fingerprint density at radius 3 is 2.11 bits per heavy atom. The van der Waals surface area contributed by atoms with Gasteiger partial charge in [0.1, 0.15) is 17.3 Å². The average molecular weight is 463 g/mol. The first-order valence-corrected chi connectivity index (χ1v) is 9.12. The van der Waals surface area contributed by atoms with E-state index >= 15 is 0 Å². The molecule has 0 unspecified atom stereocenters. The molecule has 0 aliphatic heterocycles. The van der Waals surface area contributed by atoms with Gasteiger partial charge in [-0.2, -0.15) is 8.42 Å². The summed E-state index contributed by atoms with van der Waals surface area (Å²) >= 11 is 11.4. The minimum Gasteiger partial charge on any atom is -0.457 e. The zero-order valence-corrected chi connectivity index (χ0v) is 15.5. The standard InChI is InChI=1S/C14H8Cl2F4N2O5S/c15-9-3-7(4-10(16)12(9)27-14(18,19)20)26-6-1-2-8(11(17)5-6)13(23)22-28(21,24)25/h1-5H,(H,22,23)(H2,21,24,25). The second-order valence-electron chi connectivity index (χ2n) is 4.98. The quantitative estimate of drug-likeness (QED) is 0.657. The van der Waals surface area contributed by atoms with E-state index in [1.807, 2.05) is 0 Å². The Balaban J connectivity index is 2.25. The van der Waals surface area contributed by atoms with E-state index in [0.717, 1.165) is 30.3 Å². The lowest BCUT2D eigenvalue weighted by molar-refractivity contribution is -0.274. The molecular weight excluding hydrogens is 455 g/mol. The van der Waals surface area contributed by atoms with E-state index in [1.165, 1.54) is 4.72 Å². The maximum absolute atomic E-state index is 14.0. The number of carbonyl (C=O) groups excluding carboxylic acids is 1. The minimum atomic E-state index is -5.02. The van der Waals surface area contributed by atoms with E-state index < -0.39 is 49.7 Å². The number of hydrogen-bond acceptors (Lipinski definition) is 5. The lowest BCUT2D eigenvalue weighted by atomic mass is 10.2. The molecule has 152 valence electrons. The minimum absolute atomic E-state index is 0.161. The number of rotatable bonds is 5.